The van der Waals surface area contributed by atoms with Crippen LogP contribution in [0.1, 0.15) is 20.8 Å². The first-order valence-corrected chi connectivity index (χ1v) is 13.4. The first-order chi connectivity index (χ1) is 12.4. The average molecular weight is 431 g/mol. The molecule has 8 heteroatoms. The van der Waals surface area contributed by atoms with E-state index in [0.717, 1.165) is 11.4 Å². The number of hydrogen-bond donors (Lipinski definition) is 1. The molecule has 0 bridgehead atoms. The van der Waals surface area contributed by atoms with Crippen LogP contribution in [0.15, 0.2) is 18.3 Å². The van der Waals surface area contributed by atoms with Crippen molar-refractivity contribution in [1.29, 1.82) is 0 Å². The maximum absolute atomic E-state index is 12.9. The molecule has 1 amide bonds. The zero-order valence-electron chi connectivity index (χ0n) is 16.8. The van der Waals surface area contributed by atoms with Gasteiger partial charge in [0.25, 0.3) is 0 Å². The van der Waals surface area contributed by atoms with E-state index in [4.69, 9.17) is 32.7 Å². The smallest absolute Gasteiger partial charge is 0.416 e. The Balaban J connectivity index is 2.33. The van der Waals surface area contributed by atoms with E-state index in [-0.39, 0.29) is 6.73 Å². The summed E-state index contributed by atoms with van der Waals surface area (Å²) in [5, 5.41) is 1.56. The minimum Gasteiger partial charge on any atom is -0.443 e. The van der Waals surface area contributed by atoms with E-state index in [9.17, 15) is 4.79 Å². The molecule has 5 nitrogen and oxygen atoms in total. The highest BCUT2D eigenvalue weighted by Gasteiger charge is 2.26. The Hall–Kier alpha value is -1.21. The van der Waals surface area contributed by atoms with Crippen LogP contribution in [0.2, 0.25) is 35.7 Å². The maximum atomic E-state index is 12.9. The topological polar surface area (TPSA) is 54.6 Å². The van der Waals surface area contributed by atoms with Crippen LogP contribution in [0.25, 0.3) is 10.9 Å². The van der Waals surface area contributed by atoms with Crippen LogP contribution < -0.4 is 4.90 Å². The Morgan fingerprint density at radius 2 is 1.93 bits per heavy atom. The van der Waals surface area contributed by atoms with Crippen molar-refractivity contribution in [3.05, 3.63) is 28.4 Å². The molecule has 150 valence electrons. The highest BCUT2D eigenvalue weighted by Crippen LogP contribution is 2.37. The van der Waals surface area contributed by atoms with Gasteiger partial charge in [-0.05, 0) is 38.9 Å². The monoisotopic (exact) mass is 430 g/mol. The summed E-state index contributed by atoms with van der Waals surface area (Å²) in [6, 6.07) is 4.54. The zero-order valence-corrected chi connectivity index (χ0v) is 19.3. The molecule has 1 aromatic heterocycles. The minimum atomic E-state index is -1.23. The number of H-pyrrole nitrogens is 1. The molecule has 1 heterocycles. The van der Waals surface area contributed by atoms with Gasteiger partial charge in [0.15, 0.2) is 0 Å². The van der Waals surface area contributed by atoms with Gasteiger partial charge in [-0.3, -0.25) is 4.90 Å². The summed E-state index contributed by atoms with van der Waals surface area (Å²) in [5.74, 6) is 0. The highest BCUT2D eigenvalue weighted by molar-refractivity contribution is 6.76. The number of ether oxygens (including phenoxy) is 2. The number of aromatic nitrogens is 1. The van der Waals surface area contributed by atoms with Gasteiger partial charge in [-0.1, -0.05) is 42.8 Å². The second-order valence-corrected chi connectivity index (χ2v) is 15.1. The number of carbonyl (C=O) groups excluding carboxylic acids is 1. The molecule has 1 N–H and O–H groups in total. The third kappa shape index (κ3) is 6.14. The predicted octanol–water partition coefficient (Wildman–Crippen LogP) is 6.53. The van der Waals surface area contributed by atoms with E-state index >= 15 is 0 Å². The first kappa shape index (κ1) is 22.1. The molecular formula is C19H28Cl2N2O3Si. The van der Waals surface area contributed by atoms with Crippen molar-refractivity contribution in [3.63, 3.8) is 0 Å². The lowest BCUT2D eigenvalue weighted by Crippen LogP contribution is -2.38. The van der Waals surface area contributed by atoms with Crippen LogP contribution in [-0.2, 0) is 9.47 Å². The third-order valence-electron chi connectivity index (χ3n) is 3.84. The normalized spacial score (nSPS) is 12.4. The Kier molecular flexibility index (Phi) is 6.89. The number of amides is 1. The number of nitrogens with zero attached hydrogens (tertiary/aromatic N) is 1. The summed E-state index contributed by atoms with van der Waals surface area (Å²) >= 11 is 12.6. The van der Waals surface area contributed by atoms with E-state index < -0.39 is 19.8 Å². The summed E-state index contributed by atoms with van der Waals surface area (Å²) in [4.78, 5) is 17.4. The number of rotatable bonds is 6. The quantitative estimate of drug-likeness (QED) is 0.321. The predicted molar refractivity (Wildman–Crippen MR) is 116 cm³/mol. The number of carbonyl (C=O) groups is 1. The molecule has 0 radical (unpaired) electrons. The summed E-state index contributed by atoms with van der Waals surface area (Å²) in [7, 11) is -1.23. The number of nitrogens with one attached hydrogen (secondary N) is 1. The molecule has 0 fully saturated rings. The van der Waals surface area contributed by atoms with Gasteiger partial charge >= 0.3 is 6.09 Å². The molecule has 0 saturated carbocycles. The lowest BCUT2D eigenvalue weighted by Gasteiger charge is -2.28. The van der Waals surface area contributed by atoms with Crippen LogP contribution >= 0.6 is 23.2 Å². The summed E-state index contributed by atoms with van der Waals surface area (Å²) in [5.41, 5.74) is 0.652. The van der Waals surface area contributed by atoms with Gasteiger partial charge in [0.05, 0.1) is 21.2 Å². The van der Waals surface area contributed by atoms with Crippen molar-refractivity contribution in [2.45, 2.75) is 52.1 Å². The Labute approximate surface area is 171 Å². The number of halogens is 2. The van der Waals surface area contributed by atoms with Crippen LogP contribution in [-0.4, -0.2) is 38.1 Å². The number of fused-ring (bicyclic) bond motifs is 1. The van der Waals surface area contributed by atoms with Gasteiger partial charge in [0, 0.05) is 26.3 Å². The van der Waals surface area contributed by atoms with Crippen molar-refractivity contribution in [3.8, 4) is 0 Å². The second kappa shape index (κ2) is 8.43. The van der Waals surface area contributed by atoms with E-state index in [1.165, 1.54) is 4.90 Å². The molecule has 2 rings (SSSR count). The number of aromatic amines is 1. The number of benzene rings is 1. The molecule has 0 spiro atoms. The van der Waals surface area contributed by atoms with Crippen LogP contribution in [0.4, 0.5) is 10.5 Å². The largest absolute Gasteiger partial charge is 0.443 e. The van der Waals surface area contributed by atoms with E-state index in [1.54, 1.807) is 12.3 Å². The molecule has 0 aliphatic carbocycles. The lowest BCUT2D eigenvalue weighted by atomic mass is 10.2. The van der Waals surface area contributed by atoms with Crippen LogP contribution in [0.5, 0.6) is 0 Å². The van der Waals surface area contributed by atoms with Gasteiger partial charge in [-0.2, -0.15) is 0 Å². The van der Waals surface area contributed by atoms with Crippen molar-refractivity contribution in [1.82, 2.24) is 4.98 Å². The van der Waals surface area contributed by atoms with Gasteiger partial charge in [0.1, 0.15) is 12.3 Å². The maximum Gasteiger partial charge on any atom is 0.416 e. The summed E-state index contributed by atoms with van der Waals surface area (Å²) < 4.78 is 11.4. The first-order valence-electron chi connectivity index (χ1n) is 8.92. The number of hydrogen-bond acceptors (Lipinski definition) is 3. The van der Waals surface area contributed by atoms with Gasteiger partial charge in [0.2, 0.25) is 0 Å². The fourth-order valence-corrected chi connectivity index (χ4v) is 3.61. The molecule has 0 unspecified atom stereocenters. The standard InChI is InChI=1S/C19H28Cl2N2O3Si/c1-19(2,3)26-18(24)23(12-25-9-10-27(4,5)6)15-11-14(20)16(21)17-13(15)7-8-22-17/h7-8,11,22H,9-10,12H2,1-6H3. The number of anilines is 1. The Morgan fingerprint density at radius 3 is 2.52 bits per heavy atom. The average Bonchev–Trinajstić information content (AvgIpc) is 2.98. The van der Waals surface area contributed by atoms with Crippen molar-refractivity contribution < 1.29 is 14.3 Å². The second-order valence-electron chi connectivity index (χ2n) is 8.71. The highest BCUT2D eigenvalue weighted by atomic mass is 35.5. The van der Waals surface area contributed by atoms with Crippen LogP contribution in [0, 0.1) is 0 Å². The SMILES string of the molecule is CC(C)(C)OC(=O)N(COCC[Si](C)(C)C)c1cc(Cl)c(Cl)c2[nH]ccc12. The fraction of sp³-hybridized carbons (Fsp3) is 0.526. The summed E-state index contributed by atoms with van der Waals surface area (Å²) in [6.45, 7) is 13.0. The molecule has 1 aromatic carbocycles. The van der Waals surface area contributed by atoms with E-state index in [1.807, 2.05) is 26.8 Å². The van der Waals surface area contributed by atoms with Gasteiger partial charge in [-0.15, -0.1) is 0 Å². The summed E-state index contributed by atoms with van der Waals surface area (Å²) in [6.07, 6.45) is 1.27. The van der Waals surface area contributed by atoms with E-state index in [2.05, 4.69) is 24.6 Å². The molecule has 0 aliphatic rings. The van der Waals surface area contributed by atoms with Crippen molar-refractivity contribution in [2.24, 2.45) is 0 Å². The molecule has 0 aliphatic heterocycles. The Morgan fingerprint density at radius 1 is 1.26 bits per heavy atom. The Bertz CT molecular complexity index is 810. The molecular weight excluding hydrogens is 403 g/mol. The molecule has 27 heavy (non-hydrogen) atoms. The van der Waals surface area contributed by atoms with Gasteiger partial charge in [-0.25, -0.2) is 4.79 Å². The molecule has 0 saturated heterocycles. The van der Waals surface area contributed by atoms with E-state index in [0.29, 0.717) is 27.9 Å². The fourth-order valence-electron chi connectivity index (χ4n) is 2.44. The molecule has 0 atom stereocenters. The van der Waals surface area contributed by atoms with Crippen molar-refractivity contribution >= 4 is 54.0 Å². The van der Waals surface area contributed by atoms with Crippen LogP contribution in [0.3, 0.4) is 0 Å². The third-order valence-corrected chi connectivity index (χ3v) is 6.33. The lowest BCUT2D eigenvalue weighted by molar-refractivity contribution is 0.0501. The molecule has 2 aromatic rings. The minimum absolute atomic E-state index is 0.0810. The van der Waals surface area contributed by atoms with Crippen molar-refractivity contribution in [2.75, 3.05) is 18.2 Å². The van der Waals surface area contributed by atoms with Gasteiger partial charge < -0.3 is 14.5 Å². The zero-order chi connectivity index (χ0) is 20.4.